The van der Waals surface area contributed by atoms with Crippen LogP contribution in [0.5, 0.6) is 5.75 Å². The van der Waals surface area contributed by atoms with Crippen molar-refractivity contribution in [2.24, 2.45) is 0 Å². The molecule has 33 heavy (non-hydrogen) atoms. The molecule has 5 nitrogen and oxygen atoms in total. The highest BCUT2D eigenvalue weighted by Crippen LogP contribution is 2.35. The van der Waals surface area contributed by atoms with Crippen LogP contribution >= 0.6 is 23.2 Å². The zero-order chi connectivity index (χ0) is 23.5. The van der Waals surface area contributed by atoms with E-state index in [2.05, 4.69) is 5.32 Å². The summed E-state index contributed by atoms with van der Waals surface area (Å²) in [7, 11) is 0. The van der Waals surface area contributed by atoms with Gasteiger partial charge in [0.15, 0.2) is 5.75 Å². The van der Waals surface area contributed by atoms with Crippen LogP contribution in [0.1, 0.15) is 22.3 Å². The fourth-order valence-electron chi connectivity index (χ4n) is 3.29. The number of ether oxygens (including phenoxy) is 1. The minimum absolute atomic E-state index is 0.124. The van der Waals surface area contributed by atoms with Crippen LogP contribution in [0, 0.1) is 12.7 Å². The number of carbonyl (C=O) groups excluding carboxylic acids is 2. The molecular formula is C25H19Cl2FN2O3. The molecule has 0 radical (unpaired) electrons. The van der Waals surface area contributed by atoms with Crippen molar-refractivity contribution in [3.05, 3.63) is 104 Å². The Balaban J connectivity index is 1.49. The Morgan fingerprint density at radius 1 is 0.970 bits per heavy atom. The first-order valence-corrected chi connectivity index (χ1v) is 10.8. The predicted octanol–water partition coefficient (Wildman–Crippen LogP) is 6.11. The Morgan fingerprint density at radius 2 is 1.58 bits per heavy atom. The maximum atomic E-state index is 13.0. The molecule has 3 aromatic carbocycles. The standard InChI is InChI=1S/C25H19Cl2FN2O3/c1-15-2-4-16(5-3-15)13-30-24(31)22(29-25(30)32)12-18-10-20(26)23(21(27)11-18)33-14-17-6-8-19(28)9-7-17/h2-12H,13-14H2,1H3,(H,29,32)/b22-12+. The van der Waals surface area contributed by atoms with Gasteiger partial charge in [-0.05, 0) is 54.0 Å². The number of aryl methyl sites for hydroxylation is 1. The number of urea groups is 1. The van der Waals surface area contributed by atoms with Crippen molar-refractivity contribution >= 4 is 41.2 Å². The third-order valence-electron chi connectivity index (χ3n) is 5.05. The monoisotopic (exact) mass is 484 g/mol. The van der Waals surface area contributed by atoms with Crippen molar-refractivity contribution in [2.45, 2.75) is 20.1 Å². The van der Waals surface area contributed by atoms with Crippen LogP contribution in [0.3, 0.4) is 0 Å². The smallest absolute Gasteiger partial charge is 0.329 e. The molecule has 1 aliphatic heterocycles. The van der Waals surface area contributed by atoms with Crippen molar-refractivity contribution in [3.8, 4) is 5.75 Å². The minimum atomic E-state index is -0.497. The number of benzene rings is 3. The third kappa shape index (κ3) is 5.35. The van der Waals surface area contributed by atoms with Crippen LogP contribution in [-0.2, 0) is 17.9 Å². The van der Waals surface area contributed by atoms with Gasteiger partial charge >= 0.3 is 6.03 Å². The zero-order valence-electron chi connectivity index (χ0n) is 17.6. The fraction of sp³-hybridized carbons (Fsp3) is 0.120. The molecule has 3 aromatic rings. The van der Waals surface area contributed by atoms with Crippen LogP contribution < -0.4 is 10.1 Å². The topological polar surface area (TPSA) is 58.6 Å². The lowest BCUT2D eigenvalue weighted by atomic mass is 10.1. The van der Waals surface area contributed by atoms with E-state index in [4.69, 9.17) is 27.9 Å². The summed E-state index contributed by atoms with van der Waals surface area (Å²) in [6.45, 7) is 2.29. The van der Waals surface area contributed by atoms with E-state index in [0.29, 0.717) is 5.56 Å². The molecule has 3 amide bonds. The first-order valence-electron chi connectivity index (χ1n) is 10.1. The second-order valence-corrected chi connectivity index (χ2v) is 8.41. The van der Waals surface area contributed by atoms with Gasteiger partial charge in [0.2, 0.25) is 0 Å². The summed E-state index contributed by atoms with van der Waals surface area (Å²) >= 11 is 12.7. The maximum absolute atomic E-state index is 13.0. The number of halogens is 3. The van der Waals surface area contributed by atoms with Crippen LogP contribution in [-0.4, -0.2) is 16.8 Å². The van der Waals surface area contributed by atoms with E-state index in [-0.39, 0.29) is 40.5 Å². The summed E-state index contributed by atoms with van der Waals surface area (Å²) in [6, 6.07) is 16.2. The molecule has 0 aliphatic carbocycles. The Bertz CT molecular complexity index is 1220. The summed E-state index contributed by atoms with van der Waals surface area (Å²) in [5.41, 5.74) is 3.34. The van der Waals surface area contributed by atoms with E-state index in [0.717, 1.165) is 21.6 Å². The van der Waals surface area contributed by atoms with Crippen LogP contribution in [0.4, 0.5) is 9.18 Å². The molecule has 0 aromatic heterocycles. The molecular weight excluding hydrogens is 466 g/mol. The molecule has 1 fully saturated rings. The van der Waals surface area contributed by atoms with Gasteiger partial charge < -0.3 is 10.1 Å². The van der Waals surface area contributed by atoms with Gasteiger partial charge in [-0.25, -0.2) is 9.18 Å². The number of nitrogens with one attached hydrogen (secondary N) is 1. The lowest BCUT2D eigenvalue weighted by Crippen LogP contribution is -2.30. The maximum Gasteiger partial charge on any atom is 0.329 e. The van der Waals surface area contributed by atoms with Gasteiger partial charge in [-0.1, -0.05) is 65.2 Å². The zero-order valence-corrected chi connectivity index (χ0v) is 19.1. The van der Waals surface area contributed by atoms with Crippen molar-refractivity contribution in [1.82, 2.24) is 10.2 Å². The average molecular weight is 485 g/mol. The molecule has 0 saturated carbocycles. The third-order valence-corrected chi connectivity index (χ3v) is 5.61. The Labute approximate surface area is 200 Å². The Hall–Kier alpha value is -3.35. The van der Waals surface area contributed by atoms with Crippen molar-refractivity contribution < 1.29 is 18.7 Å². The highest BCUT2D eigenvalue weighted by molar-refractivity contribution is 6.37. The van der Waals surface area contributed by atoms with E-state index in [1.807, 2.05) is 31.2 Å². The molecule has 168 valence electrons. The van der Waals surface area contributed by atoms with Crippen LogP contribution in [0.15, 0.2) is 66.4 Å². The number of hydrogen-bond donors (Lipinski definition) is 1. The Morgan fingerprint density at radius 3 is 2.21 bits per heavy atom. The average Bonchev–Trinajstić information content (AvgIpc) is 3.03. The first kappa shape index (κ1) is 22.8. The summed E-state index contributed by atoms with van der Waals surface area (Å²) in [5, 5.41) is 3.07. The normalized spacial score (nSPS) is 14.7. The number of carbonyl (C=O) groups is 2. The number of nitrogens with zero attached hydrogens (tertiary/aromatic N) is 1. The fourth-order valence-corrected chi connectivity index (χ4v) is 3.91. The minimum Gasteiger partial charge on any atom is -0.486 e. The molecule has 0 bridgehead atoms. The van der Waals surface area contributed by atoms with E-state index in [9.17, 15) is 14.0 Å². The molecule has 1 aliphatic rings. The van der Waals surface area contributed by atoms with E-state index in [1.165, 1.54) is 18.2 Å². The summed E-state index contributed by atoms with van der Waals surface area (Å²) in [6.07, 6.45) is 1.51. The van der Waals surface area contributed by atoms with E-state index >= 15 is 0 Å². The number of rotatable bonds is 6. The van der Waals surface area contributed by atoms with Gasteiger partial charge in [-0.3, -0.25) is 9.69 Å². The van der Waals surface area contributed by atoms with Crippen molar-refractivity contribution in [2.75, 3.05) is 0 Å². The molecule has 1 heterocycles. The molecule has 8 heteroatoms. The van der Waals surface area contributed by atoms with Crippen molar-refractivity contribution in [3.63, 3.8) is 0 Å². The quantitative estimate of drug-likeness (QED) is 0.339. The first-order chi connectivity index (χ1) is 15.8. The van der Waals surface area contributed by atoms with Crippen LogP contribution in [0.2, 0.25) is 10.0 Å². The highest BCUT2D eigenvalue weighted by atomic mass is 35.5. The largest absolute Gasteiger partial charge is 0.486 e. The van der Waals surface area contributed by atoms with Gasteiger partial charge in [0.05, 0.1) is 16.6 Å². The molecule has 4 rings (SSSR count). The Kier molecular flexibility index (Phi) is 6.67. The molecule has 0 spiro atoms. The summed E-state index contributed by atoms with van der Waals surface area (Å²) in [4.78, 5) is 26.3. The van der Waals surface area contributed by atoms with Gasteiger partial charge in [0.1, 0.15) is 18.1 Å². The molecule has 0 atom stereocenters. The summed E-state index contributed by atoms with van der Waals surface area (Å²) in [5.74, 6) is -0.504. The van der Waals surface area contributed by atoms with Crippen molar-refractivity contribution in [1.29, 1.82) is 0 Å². The predicted molar refractivity (Wildman–Crippen MR) is 125 cm³/mol. The van der Waals surface area contributed by atoms with E-state index < -0.39 is 11.9 Å². The molecule has 1 saturated heterocycles. The second-order valence-electron chi connectivity index (χ2n) is 7.59. The highest BCUT2D eigenvalue weighted by Gasteiger charge is 2.33. The lowest BCUT2D eigenvalue weighted by molar-refractivity contribution is -0.123. The lowest BCUT2D eigenvalue weighted by Gasteiger charge is -2.12. The number of amides is 3. The van der Waals surface area contributed by atoms with Gasteiger partial charge in [-0.2, -0.15) is 0 Å². The molecule has 1 N–H and O–H groups in total. The SMILES string of the molecule is Cc1ccc(CN2C(=O)N/C(=C/c3cc(Cl)c(OCc4ccc(F)cc4)c(Cl)c3)C2=O)cc1. The number of hydrogen-bond acceptors (Lipinski definition) is 3. The summed E-state index contributed by atoms with van der Waals surface area (Å²) < 4.78 is 18.7. The van der Waals surface area contributed by atoms with Gasteiger partial charge in [0, 0.05) is 0 Å². The second kappa shape index (κ2) is 9.65. The van der Waals surface area contributed by atoms with Crippen LogP contribution in [0.25, 0.3) is 6.08 Å². The number of imide groups is 1. The molecule has 0 unspecified atom stereocenters. The van der Waals surface area contributed by atoms with E-state index in [1.54, 1.807) is 24.3 Å². The van der Waals surface area contributed by atoms with Gasteiger partial charge in [-0.15, -0.1) is 0 Å². The van der Waals surface area contributed by atoms with Gasteiger partial charge in [0.25, 0.3) is 5.91 Å².